The van der Waals surface area contributed by atoms with Gasteiger partial charge in [0.25, 0.3) is 0 Å². The van der Waals surface area contributed by atoms with Crippen molar-refractivity contribution >= 4 is 0 Å². The summed E-state index contributed by atoms with van der Waals surface area (Å²) in [6, 6.07) is 3.14. The number of rotatable bonds is 4. The Morgan fingerprint density at radius 2 is 2.19 bits per heavy atom. The van der Waals surface area contributed by atoms with Gasteiger partial charge in [-0.25, -0.2) is 4.98 Å². The Labute approximate surface area is 91.4 Å². The van der Waals surface area contributed by atoms with Gasteiger partial charge < -0.3 is 10.5 Å². The quantitative estimate of drug-likeness (QED) is 0.865. The monoisotopic (exact) mass is 234 g/mol. The average molecular weight is 234 g/mol. The predicted octanol–water partition coefficient (Wildman–Crippen LogP) is 1.91. The number of ether oxygens (including phenoxy) is 1. The van der Waals surface area contributed by atoms with Gasteiger partial charge >= 0.3 is 6.18 Å². The van der Waals surface area contributed by atoms with Gasteiger partial charge in [-0.2, -0.15) is 13.2 Å². The molecular weight excluding hydrogens is 221 g/mol. The fraction of sp³-hybridized carbons (Fsp3) is 0.500. The van der Waals surface area contributed by atoms with Crippen molar-refractivity contribution in [1.82, 2.24) is 4.98 Å². The lowest BCUT2D eigenvalue weighted by Gasteiger charge is -2.12. The van der Waals surface area contributed by atoms with Crippen LogP contribution in [0, 0.1) is 0 Å². The number of aromatic nitrogens is 1. The van der Waals surface area contributed by atoms with Gasteiger partial charge in [0.1, 0.15) is 0 Å². The van der Waals surface area contributed by atoms with E-state index in [1.165, 1.54) is 6.20 Å². The van der Waals surface area contributed by atoms with Crippen molar-refractivity contribution < 1.29 is 17.9 Å². The topological polar surface area (TPSA) is 48.1 Å². The van der Waals surface area contributed by atoms with E-state index in [0.717, 1.165) is 0 Å². The van der Waals surface area contributed by atoms with E-state index in [-0.39, 0.29) is 11.9 Å². The summed E-state index contributed by atoms with van der Waals surface area (Å²) in [6.45, 7) is 0.427. The van der Waals surface area contributed by atoms with Crippen molar-refractivity contribution in [3.05, 3.63) is 23.9 Å². The van der Waals surface area contributed by atoms with Gasteiger partial charge in [0.15, 0.2) is 6.61 Å². The molecular formula is C10H13F3N2O. The highest BCUT2D eigenvalue weighted by Gasteiger charge is 2.29. The Kier molecular flexibility index (Phi) is 4.12. The second kappa shape index (κ2) is 5.16. The molecule has 0 aliphatic carbocycles. The molecule has 1 heterocycles. The van der Waals surface area contributed by atoms with Crippen molar-refractivity contribution in [3.63, 3.8) is 0 Å². The van der Waals surface area contributed by atoms with E-state index in [9.17, 15) is 13.2 Å². The Balaban J connectivity index is 2.71. The highest BCUT2D eigenvalue weighted by molar-refractivity contribution is 5.26. The van der Waals surface area contributed by atoms with Crippen molar-refractivity contribution in [3.8, 4) is 5.88 Å². The molecule has 0 aliphatic heterocycles. The number of pyridine rings is 1. The molecule has 0 radical (unpaired) electrons. The maximum atomic E-state index is 12.0. The number of nitrogens with zero attached hydrogens (tertiary/aromatic N) is 1. The molecule has 1 aromatic rings. The lowest BCUT2D eigenvalue weighted by atomic mass is 10.1. The first kappa shape index (κ1) is 12.8. The van der Waals surface area contributed by atoms with Crippen molar-refractivity contribution in [2.75, 3.05) is 6.61 Å². The van der Waals surface area contributed by atoms with Crippen LogP contribution in [0.25, 0.3) is 0 Å². The first-order chi connectivity index (χ1) is 7.38. The second-order valence-electron chi connectivity index (χ2n) is 3.55. The lowest BCUT2D eigenvalue weighted by molar-refractivity contribution is -0.154. The van der Waals surface area contributed by atoms with Crippen LogP contribution in [0.1, 0.15) is 12.5 Å². The van der Waals surface area contributed by atoms with Gasteiger partial charge in [0.05, 0.1) is 0 Å². The van der Waals surface area contributed by atoms with E-state index in [1.54, 1.807) is 19.1 Å². The minimum Gasteiger partial charge on any atom is -0.468 e. The van der Waals surface area contributed by atoms with Crippen LogP contribution in [0.2, 0.25) is 0 Å². The minimum absolute atomic E-state index is 0.00266. The summed E-state index contributed by atoms with van der Waals surface area (Å²) < 4.78 is 40.5. The second-order valence-corrected chi connectivity index (χ2v) is 3.55. The molecule has 0 spiro atoms. The van der Waals surface area contributed by atoms with E-state index in [0.29, 0.717) is 12.0 Å². The summed E-state index contributed by atoms with van der Waals surface area (Å²) >= 11 is 0. The third-order valence-corrected chi connectivity index (χ3v) is 1.76. The summed E-state index contributed by atoms with van der Waals surface area (Å²) in [4.78, 5) is 3.76. The molecule has 0 bridgehead atoms. The summed E-state index contributed by atoms with van der Waals surface area (Å²) in [5, 5.41) is 0. The Hall–Kier alpha value is -1.30. The highest BCUT2D eigenvalue weighted by atomic mass is 19.4. The van der Waals surface area contributed by atoms with E-state index >= 15 is 0 Å². The zero-order chi connectivity index (χ0) is 12.2. The predicted molar refractivity (Wildman–Crippen MR) is 53.1 cm³/mol. The zero-order valence-electron chi connectivity index (χ0n) is 8.79. The molecule has 2 N–H and O–H groups in total. The molecule has 3 nitrogen and oxygen atoms in total. The largest absolute Gasteiger partial charge is 0.468 e. The van der Waals surface area contributed by atoms with Gasteiger partial charge in [0, 0.05) is 17.8 Å². The molecule has 1 atom stereocenters. The fourth-order valence-electron chi connectivity index (χ4n) is 1.21. The van der Waals surface area contributed by atoms with Crippen LogP contribution in [0.5, 0.6) is 5.88 Å². The van der Waals surface area contributed by atoms with Crippen LogP contribution in [0.15, 0.2) is 18.3 Å². The van der Waals surface area contributed by atoms with Crippen LogP contribution in [-0.4, -0.2) is 23.8 Å². The number of alkyl halides is 3. The summed E-state index contributed by atoms with van der Waals surface area (Å²) in [5.41, 5.74) is 6.15. The third kappa shape index (κ3) is 4.48. The van der Waals surface area contributed by atoms with Gasteiger partial charge in [-0.05, 0) is 19.4 Å². The van der Waals surface area contributed by atoms with Crippen molar-refractivity contribution in [2.24, 2.45) is 5.73 Å². The fourth-order valence-corrected chi connectivity index (χ4v) is 1.21. The number of hydrogen-bond acceptors (Lipinski definition) is 3. The summed E-state index contributed by atoms with van der Waals surface area (Å²) in [7, 11) is 0. The Bertz CT molecular complexity index is 339. The SMILES string of the molecule is CC(N)Cc1cccnc1OCC(F)(F)F. The third-order valence-electron chi connectivity index (χ3n) is 1.76. The maximum Gasteiger partial charge on any atom is 0.422 e. The van der Waals surface area contributed by atoms with Gasteiger partial charge in [-0.1, -0.05) is 6.07 Å². The first-order valence-electron chi connectivity index (χ1n) is 4.77. The van der Waals surface area contributed by atoms with Crippen LogP contribution < -0.4 is 10.5 Å². The number of nitrogens with two attached hydrogens (primary N) is 1. The van der Waals surface area contributed by atoms with E-state index < -0.39 is 12.8 Å². The van der Waals surface area contributed by atoms with Crippen LogP contribution in [-0.2, 0) is 6.42 Å². The van der Waals surface area contributed by atoms with E-state index in [1.807, 2.05) is 0 Å². The van der Waals surface area contributed by atoms with E-state index in [4.69, 9.17) is 5.73 Å². The van der Waals surface area contributed by atoms with Gasteiger partial charge in [-0.3, -0.25) is 0 Å². The van der Waals surface area contributed by atoms with Crippen molar-refractivity contribution in [2.45, 2.75) is 25.6 Å². The van der Waals surface area contributed by atoms with Crippen LogP contribution in [0.3, 0.4) is 0 Å². The number of halogens is 3. The minimum atomic E-state index is -4.36. The van der Waals surface area contributed by atoms with Crippen molar-refractivity contribution in [1.29, 1.82) is 0 Å². The Morgan fingerprint density at radius 1 is 1.50 bits per heavy atom. The normalized spacial score (nSPS) is 13.6. The molecule has 0 saturated carbocycles. The molecule has 0 fully saturated rings. The molecule has 1 unspecified atom stereocenters. The lowest BCUT2D eigenvalue weighted by Crippen LogP contribution is -2.22. The Morgan fingerprint density at radius 3 is 2.75 bits per heavy atom. The molecule has 0 aliphatic rings. The first-order valence-corrected chi connectivity index (χ1v) is 4.77. The van der Waals surface area contributed by atoms with Crippen LogP contribution >= 0.6 is 0 Å². The molecule has 1 aromatic heterocycles. The zero-order valence-corrected chi connectivity index (χ0v) is 8.79. The molecule has 0 saturated heterocycles. The van der Waals surface area contributed by atoms with Gasteiger partial charge in [-0.15, -0.1) is 0 Å². The highest BCUT2D eigenvalue weighted by Crippen LogP contribution is 2.20. The molecule has 1 rings (SSSR count). The standard InChI is InChI=1S/C10H13F3N2O/c1-7(14)5-8-3-2-4-15-9(8)16-6-10(11,12)13/h2-4,7H,5-6,14H2,1H3. The molecule has 0 aromatic carbocycles. The number of hydrogen-bond donors (Lipinski definition) is 1. The summed E-state index contributed by atoms with van der Waals surface area (Å²) in [6.07, 6.45) is -2.54. The molecule has 0 amide bonds. The average Bonchev–Trinajstić information content (AvgIpc) is 2.14. The van der Waals surface area contributed by atoms with Crippen LogP contribution in [0.4, 0.5) is 13.2 Å². The molecule has 6 heteroatoms. The molecule has 90 valence electrons. The van der Waals surface area contributed by atoms with E-state index in [2.05, 4.69) is 9.72 Å². The summed E-state index contributed by atoms with van der Waals surface area (Å²) in [5.74, 6) is -0.00266. The van der Waals surface area contributed by atoms with Gasteiger partial charge in [0.2, 0.25) is 5.88 Å². The molecule has 16 heavy (non-hydrogen) atoms. The maximum absolute atomic E-state index is 12.0. The smallest absolute Gasteiger partial charge is 0.422 e.